The van der Waals surface area contributed by atoms with Crippen molar-refractivity contribution in [2.75, 3.05) is 12.8 Å². The number of benzene rings is 1. The van der Waals surface area contributed by atoms with Crippen LogP contribution in [-0.4, -0.2) is 28.3 Å². The van der Waals surface area contributed by atoms with Crippen molar-refractivity contribution in [2.45, 2.75) is 56.5 Å². The highest BCUT2D eigenvalue weighted by atomic mass is 32.2. The molecule has 0 radical (unpaired) electrons. The minimum atomic E-state index is -0.110. The number of aromatic nitrogens is 1. The van der Waals surface area contributed by atoms with Crippen LogP contribution in [0.1, 0.15) is 59.5 Å². The number of thioether (sulfide) groups is 1. The molecule has 6 heteroatoms. The molecule has 1 atom stereocenters. The summed E-state index contributed by atoms with van der Waals surface area (Å²) in [5, 5.41) is 4.46. The Morgan fingerprint density at radius 2 is 1.97 bits per heavy atom. The van der Waals surface area contributed by atoms with Crippen LogP contribution >= 0.6 is 23.1 Å². The van der Waals surface area contributed by atoms with E-state index in [1.54, 1.807) is 11.8 Å². The summed E-state index contributed by atoms with van der Waals surface area (Å²) in [5.41, 5.74) is 5.18. The van der Waals surface area contributed by atoms with Gasteiger partial charge in [-0.25, -0.2) is 4.79 Å². The number of rotatable bonds is 4. The van der Waals surface area contributed by atoms with Gasteiger partial charge in [0.05, 0.1) is 18.3 Å². The lowest BCUT2D eigenvalue weighted by atomic mass is 9.95. The van der Waals surface area contributed by atoms with Crippen LogP contribution in [0.25, 0.3) is 5.00 Å². The standard InChI is InChI=1S/C25H29N3OS2/c1-3-14-26-25(29)28-16-20-19-7-4-5-9-22(19)31-24(20)27-15-6-8-21(27)23(28)17-10-12-18(30-2)13-11-17/h6,8,10-13,15,23H,3-5,7,9,14,16H2,1-2H3,(H,26,29)/t23-/m0/s1. The summed E-state index contributed by atoms with van der Waals surface area (Å²) >= 11 is 3.68. The molecule has 162 valence electrons. The number of thiophene rings is 1. The predicted molar refractivity (Wildman–Crippen MR) is 130 cm³/mol. The first-order chi connectivity index (χ1) is 15.2. The zero-order valence-electron chi connectivity index (χ0n) is 18.2. The maximum absolute atomic E-state index is 13.5. The highest BCUT2D eigenvalue weighted by Gasteiger charge is 2.35. The summed E-state index contributed by atoms with van der Waals surface area (Å²) in [4.78, 5) is 18.3. The average Bonchev–Trinajstić information content (AvgIpc) is 3.39. The maximum atomic E-state index is 13.5. The number of aryl methyl sites for hydroxylation is 1. The molecule has 0 spiro atoms. The summed E-state index contributed by atoms with van der Waals surface area (Å²) in [5.74, 6) is 0. The SMILES string of the molecule is CCCNC(=O)N1Cc2c(sc3c2CCCC3)-n2cccc2[C@@H]1c1ccc(SC)cc1. The van der Waals surface area contributed by atoms with Gasteiger partial charge in [-0.3, -0.25) is 0 Å². The second-order valence-electron chi connectivity index (χ2n) is 8.33. The van der Waals surface area contributed by atoms with Crippen molar-refractivity contribution in [1.29, 1.82) is 0 Å². The second kappa shape index (κ2) is 8.75. The highest BCUT2D eigenvalue weighted by Crippen LogP contribution is 2.44. The van der Waals surface area contributed by atoms with Gasteiger partial charge in [0, 0.05) is 28.1 Å². The average molecular weight is 452 g/mol. The van der Waals surface area contributed by atoms with Crippen molar-refractivity contribution in [2.24, 2.45) is 0 Å². The van der Waals surface area contributed by atoms with Gasteiger partial charge in [0.1, 0.15) is 5.00 Å². The Morgan fingerprint density at radius 3 is 2.74 bits per heavy atom. The summed E-state index contributed by atoms with van der Waals surface area (Å²) in [7, 11) is 0. The molecule has 3 heterocycles. The molecule has 1 aliphatic carbocycles. The Labute approximate surface area is 192 Å². The summed E-state index contributed by atoms with van der Waals surface area (Å²) in [6.07, 6.45) is 10.0. The molecule has 1 aliphatic heterocycles. The lowest BCUT2D eigenvalue weighted by Crippen LogP contribution is -2.42. The van der Waals surface area contributed by atoms with Gasteiger partial charge in [-0.1, -0.05) is 19.1 Å². The first-order valence-corrected chi connectivity index (χ1v) is 13.2. The highest BCUT2D eigenvalue weighted by molar-refractivity contribution is 7.98. The Hall–Kier alpha value is -2.18. The van der Waals surface area contributed by atoms with Gasteiger partial charge >= 0.3 is 6.03 Å². The maximum Gasteiger partial charge on any atom is 0.318 e. The van der Waals surface area contributed by atoms with Crippen LogP contribution < -0.4 is 5.32 Å². The third kappa shape index (κ3) is 3.70. The third-order valence-electron chi connectivity index (χ3n) is 6.40. The van der Waals surface area contributed by atoms with Crippen molar-refractivity contribution >= 4 is 29.1 Å². The van der Waals surface area contributed by atoms with E-state index >= 15 is 0 Å². The van der Waals surface area contributed by atoms with E-state index in [0.717, 1.165) is 18.4 Å². The molecule has 2 aromatic heterocycles. The van der Waals surface area contributed by atoms with Crippen molar-refractivity contribution in [3.63, 3.8) is 0 Å². The van der Waals surface area contributed by atoms with E-state index in [2.05, 4.69) is 70.6 Å². The van der Waals surface area contributed by atoms with E-state index in [9.17, 15) is 4.79 Å². The number of fused-ring (bicyclic) bond motifs is 5. The van der Waals surface area contributed by atoms with E-state index < -0.39 is 0 Å². The number of urea groups is 1. The summed E-state index contributed by atoms with van der Waals surface area (Å²) < 4.78 is 2.35. The van der Waals surface area contributed by atoms with Gasteiger partial charge in [-0.05, 0) is 73.8 Å². The molecule has 1 aromatic carbocycles. The minimum Gasteiger partial charge on any atom is -0.338 e. The number of carbonyl (C=O) groups is 1. The van der Waals surface area contributed by atoms with Crippen LogP contribution in [0.2, 0.25) is 0 Å². The first kappa shape index (κ1) is 20.7. The molecule has 0 saturated heterocycles. The smallest absolute Gasteiger partial charge is 0.318 e. The van der Waals surface area contributed by atoms with Gasteiger partial charge in [-0.15, -0.1) is 23.1 Å². The normalized spacial score (nSPS) is 17.5. The van der Waals surface area contributed by atoms with E-state index in [1.807, 2.05) is 11.3 Å². The largest absolute Gasteiger partial charge is 0.338 e. The molecule has 1 N–H and O–H groups in total. The van der Waals surface area contributed by atoms with Crippen LogP contribution in [-0.2, 0) is 19.4 Å². The van der Waals surface area contributed by atoms with Crippen LogP contribution in [0.5, 0.6) is 0 Å². The van der Waals surface area contributed by atoms with Gasteiger partial charge in [0.2, 0.25) is 0 Å². The molecule has 3 aromatic rings. The number of carbonyl (C=O) groups excluding carboxylic acids is 1. The molecule has 0 fully saturated rings. The molecule has 0 saturated carbocycles. The van der Waals surface area contributed by atoms with Crippen LogP contribution in [0, 0.1) is 0 Å². The first-order valence-electron chi connectivity index (χ1n) is 11.2. The molecule has 5 rings (SSSR count). The number of nitrogens with zero attached hydrogens (tertiary/aromatic N) is 2. The topological polar surface area (TPSA) is 37.3 Å². The molecular weight excluding hydrogens is 422 g/mol. The van der Waals surface area contributed by atoms with E-state index in [1.165, 1.54) is 50.9 Å². The van der Waals surface area contributed by atoms with Gasteiger partial charge < -0.3 is 14.8 Å². The van der Waals surface area contributed by atoms with Crippen molar-refractivity contribution in [3.8, 4) is 5.00 Å². The lowest BCUT2D eigenvalue weighted by Gasteiger charge is -2.31. The Bertz CT molecular complexity index is 1080. The molecule has 0 bridgehead atoms. The molecular formula is C25H29N3OS2. The molecule has 0 unspecified atom stereocenters. The van der Waals surface area contributed by atoms with Crippen LogP contribution in [0.15, 0.2) is 47.5 Å². The molecule has 4 nitrogen and oxygen atoms in total. The van der Waals surface area contributed by atoms with E-state index in [-0.39, 0.29) is 12.1 Å². The van der Waals surface area contributed by atoms with E-state index in [4.69, 9.17) is 0 Å². The molecule has 2 amide bonds. The number of nitrogens with one attached hydrogen (secondary N) is 1. The fraction of sp³-hybridized carbons (Fsp3) is 0.400. The third-order valence-corrected chi connectivity index (χ3v) is 8.47. The van der Waals surface area contributed by atoms with E-state index in [0.29, 0.717) is 13.1 Å². The predicted octanol–water partition coefficient (Wildman–Crippen LogP) is 6.16. The Morgan fingerprint density at radius 1 is 1.16 bits per heavy atom. The lowest BCUT2D eigenvalue weighted by molar-refractivity contribution is 0.180. The van der Waals surface area contributed by atoms with Gasteiger partial charge in [0.25, 0.3) is 0 Å². The number of hydrogen-bond donors (Lipinski definition) is 1. The van der Waals surface area contributed by atoms with Gasteiger partial charge in [0.15, 0.2) is 0 Å². The fourth-order valence-electron chi connectivity index (χ4n) is 4.86. The summed E-state index contributed by atoms with van der Waals surface area (Å²) in [6, 6.07) is 12.9. The van der Waals surface area contributed by atoms with Crippen LogP contribution in [0.4, 0.5) is 4.79 Å². The minimum absolute atomic E-state index is 0.0251. The van der Waals surface area contributed by atoms with Crippen molar-refractivity contribution in [3.05, 3.63) is 69.9 Å². The monoisotopic (exact) mass is 451 g/mol. The zero-order valence-corrected chi connectivity index (χ0v) is 19.8. The van der Waals surface area contributed by atoms with Crippen molar-refractivity contribution < 1.29 is 4.79 Å². The number of hydrogen-bond acceptors (Lipinski definition) is 3. The quantitative estimate of drug-likeness (QED) is 0.482. The zero-order chi connectivity index (χ0) is 21.4. The molecule has 2 aliphatic rings. The van der Waals surface area contributed by atoms with Crippen molar-refractivity contribution in [1.82, 2.24) is 14.8 Å². The Balaban J connectivity index is 1.66. The van der Waals surface area contributed by atoms with Crippen LogP contribution in [0.3, 0.4) is 0 Å². The fourth-order valence-corrected chi connectivity index (χ4v) is 6.67. The van der Waals surface area contributed by atoms with Gasteiger partial charge in [-0.2, -0.15) is 0 Å². The number of amides is 2. The summed E-state index contributed by atoms with van der Waals surface area (Å²) in [6.45, 7) is 3.45. The Kier molecular flexibility index (Phi) is 5.85. The second-order valence-corrected chi connectivity index (χ2v) is 10.3. The molecule has 31 heavy (non-hydrogen) atoms.